The molecule has 7 heteroatoms. The largest absolute Gasteiger partial charge is 0.343 e. The highest BCUT2D eigenvalue weighted by Crippen LogP contribution is 2.38. The van der Waals surface area contributed by atoms with Gasteiger partial charge in [0.25, 0.3) is 0 Å². The molecule has 2 aliphatic rings. The number of benzene rings is 1. The van der Waals surface area contributed by atoms with Crippen LogP contribution in [0.3, 0.4) is 0 Å². The molecule has 2 aromatic rings. The van der Waals surface area contributed by atoms with Crippen molar-refractivity contribution >= 4 is 17.5 Å². The van der Waals surface area contributed by atoms with Crippen LogP contribution in [0.25, 0.3) is 0 Å². The highest BCUT2D eigenvalue weighted by Gasteiger charge is 2.42. The van der Waals surface area contributed by atoms with Crippen LogP contribution >= 0.6 is 0 Å². The van der Waals surface area contributed by atoms with Crippen LogP contribution in [-0.2, 0) is 15.1 Å². The molecule has 0 spiro atoms. The molecule has 2 heterocycles. The Morgan fingerprint density at radius 1 is 1.27 bits per heavy atom. The number of rotatable bonds is 3. The zero-order valence-electron chi connectivity index (χ0n) is 14.7. The van der Waals surface area contributed by atoms with Crippen LogP contribution in [0.2, 0.25) is 0 Å². The number of carbonyl (C=O) groups excluding carboxylic acids is 2. The number of amides is 2. The first-order valence-corrected chi connectivity index (χ1v) is 9.09. The number of aromatic nitrogens is 2. The maximum absolute atomic E-state index is 13.2. The second kappa shape index (κ2) is 6.55. The normalized spacial score (nSPS) is 21.6. The monoisotopic (exact) mass is 354 g/mol. The Kier molecular flexibility index (Phi) is 4.22. The van der Waals surface area contributed by atoms with E-state index >= 15 is 0 Å². The third-order valence-electron chi connectivity index (χ3n) is 5.34. The van der Waals surface area contributed by atoms with Gasteiger partial charge >= 0.3 is 0 Å². The van der Waals surface area contributed by atoms with E-state index in [9.17, 15) is 9.59 Å². The van der Waals surface area contributed by atoms with Crippen molar-refractivity contribution in [3.8, 4) is 0 Å². The highest BCUT2D eigenvalue weighted by atomic mass is 16.5. The van der Waals surface area contributed by atoms with Crippen LogP contribution in [0, 0.1) is 6.92 Å². The minimum atomic E-state index is -0.615. The summed E-state index contributed by atoms with van der Waals surface area (Å²) in [7, 11) is 0. The lowest BCUT2D eigenvalue weighted by molar-refractivity contribution is -0.128. The molecule has 1 fully saturated rings. The van der Waals surface area contributed by atoms with Crippen molar-refractivity contribution in [1.82, 2.24) is 15.5 Å². The van der Waals surface area contributed by atoms with Gasteiger partial charge in [-0.15, -0.1) is 0 Å². The first kappa shape index (κ1) is 16.8. The van der Waals surface area contributed by atoms with Crippen molar-refractivity contribution in [1.29, 1.82) is 0 Å². The molecule has 1 aromatic carbocycles. The Hall–Kier alpha value is -2.70. The molecule has 4 rings (SSSR count). The Morgan fingerprint density at radius 3 is 2.77 bits per heavy atom. The van der Waals surface area contributed by atoms with E-state index in [1.54, 1.807) is 6.92 Å². The first-order chi connectivity index (χ1) is 12.6. The van der Waals surface area contributed by atoms with E-state index in [0.717, 1.165) is 37.7 Å². The van der Waals surface area contributed by atoms with Gasteiger partial charge in [-0.05, 0) is 24.5 Å². The van der Waals surface area contributed by atoms with E-state index in [1.807, 2.05) is 24.3 Å². The zero-order chi connectivity index (χ0) is 18.1. The van der Waals surface area contributed by atoms with Gasteiger partial charge in [-0.25, -0.2) is 0 Å². The van der Waals surface area contributed by atoms with Crippen molar-refractivity contribution in [3.05, 3.63) is 41.5 Å². The molecular formula is C19H22N4O3. The summed E-state index contributed by atoms with van der Waals surface area (Å²) < 4.78 is 5.17. The lowest BCUT2D eigenvalue weighted by Gasteiger charge is -2.37. The fourth-order valence-electron chi connectivity index (χ4n) is 4.02. The quantitative estimate of drug-likeness (QED) is 0.883. The smallest absolute Gasteiger partial charge is 0.228 e. The van der Waals surface area contributed by atoms with E-state index in [2.05, 4.69) is 20.8 Å². The average Bonchev–Trinajstić information content (AvgIpc) is 3.09. The van der Waals surface area contributed by atoms with Crippen LogP contribution in [0.1, 0.15) is 61.7 Å². The minimum absolute atomic E-state index is 0.142. The lowest BCUT2D eigenvalue weighted by atomic mass is 9.79. The Labute approximate surface area is 151 Å². The summed E-state index contributed by atoms with van der Waals surface area (Å²) in [5.41, 5.74) is 0.938. The maximum atomic E-state index is 13.2. The maximum Gasteiger partial charge on any atom is 0.228 e. The fraction of sp³-hybridized carbons (Fsp3) is 0.474. The summed E-state index contributed by atoms with van der Waals surface area (Å²) in [6, 6.07) is 7.45. The average molecular weight is 354 g/mol. The predicted molar refractivity (Wildman–Crippen MR) is 94.4 cm³/mol. The van der Waals surface area contributed by atoms with Gasteiger partial charge in [0.1, 0.15) is 5.54 Å². The lowest BCUT2D eigenvalue weighted by Crippen LogP contribution is -2.50. The molecule has 1 atom stereocenters. The van der Waals surface area contributed by atoms with E-state index in [4.69, 9.17) is 4.52 Å². The van der Waals surface area contributed by atoms with Crippen molar-refractivity contribution in [3.63, 3.8) is 0 Å². The molecule has 2 N–H and O–H groups in total. The summed E-state index contributed by atoms with van der Waals surface area (Å²) in [5, 5.41) is 10.1. The number of anilines is 1. The van der Waals surface area contributed by atoms with Crippen molar-refractivity contribution in [2.45, 2.75) is 56.9 Å². The standard InChI is InChI=1S/C19H22N4O3/c1-12-20-18(23-26-12)19(9-5-2-6-10-19)22-17(25)14-11-16(24)21-15-8-4-3-7-13(14)15/h3-4,7-8,14H,2,5-6,9-11H2,1H3,(H,21,24)(H,22,25). The van der Waals surface area contributed by atoms with Gasteiger partial charge in [-0.2, -0.15) is 4.98 Å². The van der Waals surface area contributed by atoms with Gasteiger partial charge < -0.3 is 15.2 Å². The first-order valence-electron chi connectivity index (χ1n) is 9.09. The zero-order valence-corrected chi connectivity index (χ0v) is 14.7. The molecule has 1 saturated carbocycles. The van der Waals surface area contributed by atoms with Crippen LogP contribution < -0.4 is 10.6 Å². The molecule has 1 aliphatic heterocycles. The van der Waals surface area contributed by atoms with Gasteiger partial charge in [-0.1, -0.05) is 42.6 Å². The Bertz CT molecular complexity index is 839. The fourth-order valence-corrected chi connectivity index (χ4v) is 4.02. The molecule has 0 bridgehead atoms. The minimum Gasteiger partial charge on any atom is -0.343 e. The van der Waals surface area contributed by atoms with Crippen LogP contribution in [0.5, 0.6) is 0 Å². The predicted octanol–water partition coefficient (Wildman–Crippen LogP) is 2.78. The molecule has 1 aromatic heterocycles. The van der Waals surface area contributed by atoms with Crippen molar-refractivity contribution in [2.24, 2.45) is 0 Å². The number of nitrogens with zero attached hydrogens (tertiary/aromatic N) is 2. The number of fused-ring (bicyclic) bond motifs is 1. The molecular weight excluding hydrogens is 332 g/mol. The number of aryl methyl sites for hydroxylation is 1. The van der Waals surface area contributed by atoms with Crippen molar-refractivity contribution in [2.75, 3.05) is 5.32 Å². The number of nitrogens with one attached hydrogen (secondary N) is 2. The van der Waals surface area contributed by atoms with E-state index in [1.165, 1.54) is 0 Å². The van der Waals surface area contributed by atoms with Crippen molar-refractivity contribution < 1.29 is 14.1 Å². The molecule has 1 unspecified atom stereocenters. The number of para-hydroxylation sites is 1. The highest BCUT2D eigenvalue weighted by molar-refractivity contribution is 6.01. The Balaban J connectivity index is 1.64. The summed E-state index contributed by atoms with van der Waals surface area (Å²) in [6.45, 7) is 1.75. The van der Waals surface area contributed by atoms with Gasteiger partial charge in [-0.3, -0.25) is 9.59 Å². The van der Waals surface area contributed by atoms with E-state index in [-0.39, 0.29) is 18.2 Å². The summed E-state index contributed by atoms with van der Waals surface area (Å²) in [4.78, 5) is 29.6. The van der Waals surface area contributed by atoms with E-state index in [0.29, 0.717) is 17.4 Å². The number of hydrogen-bond donors (Lipinski definition) is 2. The molecule has 1 aliphatic carbocycles. The molecule has 26 heavy (non-hydrogen) atoms. The third kappa shape index (κ3) is 2.98. The molecule has 7 nitrogen and oxygen atoms in total. The summed E-state index contributed by atoms with van der Waals surface area (Å²) in [5.74, 6) is 0.221. The van der Waals surface area contributed by atoms with Crippen LogP contribution in [-0.4, -0.2) is 22.0 Å². The second-order valence-electron chi connectivity index (χ2n) is 7.16. The molecule has 2 amide bonds. The Morgan fingerprint density at radius 2 is 2.04 bits per heavy atom. The summed E-state index contributed by atoms with van der Waals surface area (Å²) in [6.07, 6.45) is 4.81. The van der Waals surface area contributed by atoms with E-state index < -0.39 is 11.5 Å². The van der Waals surface area contributed by atoms with Gasteiger partial charge in [0.05, 0.1) is 5.92 Å². The summed E-state index contributed by atoms with van der Waals surface area (Å²) >= 11 is 0. The van der Waals surface area contributed by atoms with Gasteiger partial charge in [0, 0.05) is 19.0 Å². The second-order valence-corrected chi connectivity index (χ2v) is 7.16. The van der Waals surface area contributed by atoms with Crippen LogP contribution in [0.15, 0.2) is 28.8 Å². The number of hydrogen-bond acceptors (Lipinski definition) is 5. The van der Waals surface area contributed by atoms with Crippen LogP contribution in [0.4, 0.5) is 5.69 Å². The third-order valence-corrected chi connectivity index (χ3v) is 5.34. The molecule has 0 radical (unpaired) electrons. The van der Waals surface area contributed by atoms with Gasteiger partial charge in [0.15, 0.2) is 5.82 Å². The topological polar surface area (TPSA) is 97.1 Å². The number of carbonyl (C=O) groups is 2. The molecule has 0 saturated heterocycles. The van der Waals surface area contributed by atoms with Gasteiger partial charge in [0.2, 0.25) is 17.7 Å². The SMILES string of the molecule is Cc1nc(C2(NC(=O)C3CC(=O)Nc4ccccc43)CCCCC2)no1. The molecule has 136 valence electrons.